The van der Waals surface area contributed by atoms with E-state index in [4.69, 9.17) is 5.73 Å². The van der Waals surface area contributed by atoms with Crippen LogP contribution >= 0.6 is 11.3 Å². The zero-order chi connectivity index (χ0) is 11.3. The molecule has 0 aliphatic heterocycles. The van der Waals surface area contributed by atoms with Crippen molar-refractivity contribution in [2.45, 2.75) is 26.8 Å². The lowest BCUT2D eigenvalue weighted by Crippen LogP contribution is -2.32. The van der Waals surface area contributed by atoms with Gasteiger partial charge in [-0.3, -0.25) is 0 Å². The molecule has 0 bridgehead atoms. The van der Waals surface area contributed by atoms with E-state index in [1.54, 1.807) is 11.3 Å². The van der Waals surface area contributed by atoms with Crippen LogP contribution in [0.15, 0.2) is 17.5 Å². The highest BCUT2D eigenvalue weighted by molar-refractivity contribution is 7.10. The van der Waals surface area contributed by atoms with E-state index in [9.17, 15) is 0 Å². The van der Waals surface area contributed by atoms with Crippen molar-refractivity contribution in [3.8, 4) is 0 Å². The summed E-state index contributed by atoms with van der Waals surface area (Å²) in [5.41, 5.74) is 5.74. The SMILES string of the molecule is CC(C)C(CN)CN[C@H](C)c1cccs1. The van der Waals surface area contributed by atoms with E-state index in [0.717, 1.165) is 13.1 Å². The van der Waals surface area contributed by atoms with Gasteiger partial charge in [0.2, 0.25) is 0 Å². The minimum absolute atomic E-state index is 0.442. The van der Waals surface area contributed by atoms with Crippen LogP contribution in [0.5, 0.6) is 0 Å². The third-order valence-electron chi connectivity index (χ3n) is 2.90. The van der Waals surface area contributed by atoms with Crippen molar-refractivity contribution < 1.29 is 0 Å². The predicted molar refractivity (Wildman–Crippen MR) is 68.1 cm³/mol. The number of nitrogens with two attached hydrogens (primary N) is 1. The fourth-order valence-electron chi connectivity index (χ4n) is 1.56. The number of thiophene rings is 1. The molecule has 1 aromatic rings. The Labute approximate surface area is 96.9 Å². The first-order chi connectivity index (χ1) is 7.15. The smallest absolute Gasteiger partial charge is 0.0386 e. The second-order valence-electron chi connectivity index (χ2n) is 4.39. The van der Waals surface area contributed by atoms with Gasteiger partial charge in [0.1, 0.15) is 0 Å². The molecule has 0 saturated heterocycles. The highest BCUT2D eigenvalue weighted by Crippen LogP contribution is 2.18. The standard InChI is InChI=1S/C12H22N2S/c1-9(2)11(7-13)8-14-10(3)12-5-4-6-15-12/h4-6,9-11,14H,7-8,13H2,1-3H3/t10-,11?/m1/s1. The molecule has 1 rings (SSSR count). The van der Waals surface area contributed by atoms with E-state index in [1.165, 1.54) is 4.88 Å². The first kappa shape index (κ1) is 12.7. The molecule has 0 aromatic carbocycles. The Hall–Kier alpha value is -0.380. The van der Waals surface area contributed by atoms with Crippen LogP contribution in [0.2, 0.25) is 0 Å². The van der Waals surface area contributed by atoms with Gasteiger partial charge in [-0.2, -0.15) is 0 Å². The Morgan fingerprint density at radius 3 is 2.60 bits per heavy atom. The summed E-state index contributed by atoms with van der Waals surface area (Å²) in [6, 6.07) is 4.72. The largest absolute Gasteiger partial charge is 0.330 e. The summed E-state index contributed by atoms with van der Waals surface area (Å²) in [6.07, 6.45) is 0. The molecule has 3 N–H and O–H groups in total. The third-order valence-corrected chi connectivity index (χ3v) is 3.96. The van der Waals surface area contributed by atoms with E-state index in [2.05, 4.69) is 43.6 Å². The van der Waals surface area contributed by atoms with Gasteiger partial charge in [-0.1, -0.05) is 19.9 Å². The van der Waals surface area contributed by atoms with Crippen molar-refractivity contribution in [2.75, 3.05) is 13.1 Å². The summed E-state index contributed by atoms with van der Waals surface area (Å²) in [5, 5.41) is 5.67. The molecule has 0 spiro atoms. The molecular weight excluding hydrogens is 204 g/mol. The zero-order valence-electron chi connectivity index (χ0n) is 9.86. The van der Waals surface area contributed by atoms with Crippen molar-refractivity contribution in [3.05, 3.63) is 22.4 Å². The maximum absolute atomic E-state index is 5.74. The minimum Gasteiger partial charge on any atom is -0.330 e. The lowest BCUT2D eigenvalue weighted by molar-refractivity contribution is 0.357. The molecule has 15 heavy (non-hydrogen) atoms. The average molecular weight is 226 g/mol. The molecule has 2 nitrogen and oxygen atoms in total. The van der Waals surface area contributed by atoms with Gasteiger partial charge in [-0.25, -0.2) is 0 Å². The van der Waals surface area contributed by atoms with Crippen LogP contribution in [0.25, 0.3) is 0 Å². The van der Waals surface area contributed by atoms with Crippen LogP contribution in [0.1, 0.15) is 31.7 Å². The van der Waals surface area contributed by atoms with Gasteiger partial charge in [0.15, 0.2) is 0 Å². The van der Waals surface area contributed by atoms with Crippen LogP contribution < -0.4 is 11.1 Å². The van der Waals surface area contributed by atoms with Crippen LogP contribution in [-0.4, -0.2) is 13.1 Å². The monoisotopic (exact) mass is 226 g/mol. The fourth-order valence-corrected chi connectivity index (χ4v) is 2.32. The molecule has 1 aromatic heterocycles. The summed E-state index contributed by atoms with van der Waals surface area (Å²) >= 11 is 1.80. The molecule has 0 radical (unpaired) electrons. The molecule has 86 valence electrons. The number of hydrogen-bond donors (Lipinski definition) is 2. The normalized spacial score (nSPS) is 15.5. The molecule has 1 heterocycles. The van der Waals surface area contributed by atoms with Gasteiger partial charge >= 0.3 is 0 Å². The molecule has 0 saturated carbocycles. The maximum Gasteiger partial charge on any atom is 0.0386 e. The zero-order valence-corrected chi connectivity index (χ0v) is 10.7. The van der Waals surface area contributed by atoms with E-state index in [0.29, 0.717) is 17.9 Å². The summed E-state index contributed by atoms with van der Waals surface area (Å²) < 4.78 is 0. The van der Waals surface area contributed by atoms with Gasteiger partial charge < -0.3 is 11.1 Å². The first-order valence-corrected chi connectivity index (χ1v) is 6.50. The topological polar surface area (TPSA) is 38.0 Å². The van der Waals surface area contributed by atoms with Gasteiger partial charge in [-0.05, 0) is 43.3 Å². The lowest BCUT2D eigenvalue weighted by Gasteiger charge is -2.21. The molecule has 0 aliphatic rings. The van der Waals surface area contributed by atoms with Crippen LogP contribution in [-0.2, 0) is 0 Å². The second-order valence-corrected chi connectivity index (χ2v) is 5.36. The second kappa shape index (κ2) is 6.26. The molecule has 3 heteroatoms. The highest BCUT2D eigenvalue weighted by atomic mass is 32.1. The fraction of sp³-hybridized carbons (Fsp3) is 0.667. The van der Waals surface area contributed by atoms with E-state index < -0.39 is 0 Å². The van der Waals surface area contributed by atoms with Crippen LogP contribution in [0, 0.1) is 11.8 Å². The molecular formula is C12H22N2S. The summed E-state index contributed by atoms with van der Waals surface area (Å²) in [5.74, 6) is 1.23. The number of nitrogens with one attached hydrogen (secondary N) is 1. The molecule has 0 aliphatic carbocycles. The predicted octanol–water partition coefficient (Wildman–Crippen LogP) is 2.63. The molecule has 0 fully saturated rings. The Morgan fingerprint density at radius 1 is 1.40 bits per heavy atom. The van der Waals surface area contributed by atoms with Crippen LogP contribution in [0.4, 0.5) is 0 Å². The van der Waals surface area contributed by atoms with Gasteiger partial charge in [0.25, 0.3) is 0 Å². The van der Waals surface area contributed by atoms with E-state index in [1.807, 2.05) is 0 Å². The van der Waals surface area contributed by atoms with Crippen LogP contribution in [0.3, 0.4) is 0 Å². The minimum atomic E-state index is 0.442. The molecule has 2 atom stereocenters. The lowest BCUT2D eigenvalue weighted by atomic mass is 9.96. The highest BCUT2D eigenvalue weighted by Gasteiger charge is 2.13. The Balaban J connectivity index is 2.36. The summed E-state index contributed by atoms with van der Waals surface area (Å²) in [6.45, 7) is 8.44. The quantitative estimate of drug-likeness (QED) is 0.782. The molecule has 1 unspecified atom stereocenters. The summed E-state index contributed by atoms with van der Waals surface area (Å²) in [4.78, 5) is 1.40. The van der Waals surface area contributed by atoms with Crippen molar-refractivity contribution >= 4 is 11.3 Å². The van der Waals surface area contributed by atoms with Crippen molar-refractivity contribution in [1.29, 1.82) is 0 Å². The molecule has 0 amide bonds. The van der Waals surface area contributed by atoms with Gasteiger partial charge in [0.05, 0.1) is 0 Å². The van der Waals surface area contributed by atoms with Gasteiger partial charge in [0, 0.05) is 10.9 Å². The van der Waals surface area contributed by atoms with E-state index in [-0.39, 0.29) is 0 Å². The van der Waals surface area contributed by atoms with E-state index >= 15 is 0 Å². The summed E-state index contributed by atoms with van der Waals surface area (Å²) in [7, 11) is 0. The average Bonchev–Trinajstić information content (AvgIpc) is 2.70. The maximum atomic E-state index is 5.74. The van der Waals surface area contributed by atoms with Crippen molar-refractivity contribution in [2.24, 2.45) is 17.6 Å². The number of hydrogen-bond acceptors (Lipinski definition) is 3. The first-order valence-electron chi connectivity index (χ1n) is 5.62. The Bertz CT molecular complexity index is 257. The number of rotatable bonds is 6. The Morgan fingerprint density at radius 2 is 2.13 bits per heavy atom. The third kappa shape index (κ3) is 3.93. The van der Waals surface area contributed by atoms with Crippen molar-refractivity contribution in [3.63, 3.8) is 0 Å². The van der Waals surface area contributed by atoms with Gasteiger partial charge in [-0.15, -0.1) is 11.3 Å². The Kier molecular flexibility index (Phi) is 5.29. The van der Waals surface area contributed by atoms with Crippen molar-refractivity contribution in [1.82, 2.24) is 5.32 Å².